The molecule has 4 heteroatoms. The van der Waals surface area contributed by atoms with Crippen LogP contribution in [-0.2, 0) is 9.53 Å². The van der Waals surface area contributed by atoms with Crippen LogP contribution < -0.4 is 0 Å². The van der Waals surface area contributed by atoms with Crippen molar-refractivity contribution in [3.8, 4) is 0 Å². The first-order valence-corrected chi connectivity index (χ1v) is 20.1. The van der Waals surface area contributed by atoms with E-state index in [1.807, 2.05) is 0 Å². The molecule has 180 valence electrons. The molecule has 3 atom stereocenters. The molecule has 0 amide bonds. The molecule has 0 aliphatic carbocycles. The number of unbranched alkanes of at least 4 members (excludes halogenated alkanes) is 4. The van der Waals surface area contributed by atoms with E-state index in [1.165, 1.54) is 73.1 Å². The number of ether oxygens (including phenoxy) is 1. The molecule has 0 N–H and O–H groups in total. The van der Waals surface area contributed by atoms with Gasteiger partial charge in [-0.2, -0.15) is 0 Å². The average molecular weight is 549 g/mol. The Balaban J connectivity index is 5.49. The Kier molecular flexibility index (Phi) is 19.5. The van der Waals surface area contributed by atoms with Crippen molar-refractivity contribution in [2.45, 2.75) is 137 Å². The zero-order valence-corrected chi connectivity index (χ0v) is 25.5. The van der Waals surface area contributed by atoms with Gasteiger partial charge in [0, 0.05) is 0 Å². The van der Waals surface area contributed by atoms with E-state index in [4.69, 9.17) is 17.4 Å². The van der Waals surface area contributed by atoms with Crippen LogP contribution in [0.15, 0.2) is 0 Å². The molecule has 0 aromatic heterocycles. The number of rotatable bonds is 20. The van der Waals surface area contributed by atoms with E-state index in [9.17, 15) is 4.79 Å². The Morgan fingerprint density at radius 3 is 1.70 bits per heavy atom. The molecular weight excluding hydrogens is 495 g/mol. The van der Waals surface area contributed by atoms with E-state index in [1.54, 1.807) is 0 Å². The van der Waals surface area contributed by atoms with Gasteiger partial charge in [-0.05, 0) is 0 Å². The third kappa shape index (κ3) is 12.0. The fourth-order valence-electron chi connectivity index (χ4n) is 4.54. The molecule has 0 bridgehead atoms. The minimum absolute atomic E-state index is 0.0590. The van der Waals surface area contributed by atoms with E-state index in [0.29, 0.717) is 18.4 Å². The molecule has 0 radical (unpaired) electrons. The van der Waals surface area contributed by atoms with Crippen molar-refractivity contribution in [1.82, 2.24) is 0 Å². The first-order chi connectivity index (χ1) is 14.4. The third-order valence-electron chi connectivity index (χ3n) is 6.98. The van der Waals surface area contributed by atoms with Crippen LogP contribution in [0.1, 0.15) is 125 Å². The second-order valence-electron chi connectivity index (χ2n) is 9.54. The SMILES string of the molecule is CCCCC(CC)COC(=O)[C](S)(CC(CC)CCCC)[SnH]([CH2]CCC)[CH2]CCC. The van der Waals surface area contributed by atoms with Crippen molar-refractivity contribution in [2.75, 3.05) is 6.61 Å². The van der Waals surface area contributed by atoms with Crippen LogP contribution in [0.5, 0.6) is 0 Å². The maximum absolute atomic E-state index is 13.6. The minimum atomic E-state index is -2.23. The summed E-state index contributed by atoms with van der Waals surface area (Å²) in [6, 6.07) is 0. The molecular formula is C26H54O2SSn. The maximum atomic E-state index is 13.6. The molecule has 0 fully saturated rings. The summed E-state index contributed by atoms with van der Waals surface area (Å²) in [5.41, 5.74) is 0. The van der Waals surface area contributed by atoms with Gasteiger partial charge >= 0.3 is 203 Å². The number of hydrogen-bond acceptors (Lipinski definition) is 3. The standard InChI is InChI=1S/C18H35O2S.2C4H9.Sn.H/c1-5-9-11-15(7-3)13-17(21)18(19)20-14-16(8-4)12-10-6-2;2*1-3-4-2;;/h15-16,21H,5-14H2,1-4H3;2*1,3-4H2,2H3;;. The van der Waals surface area contributed by atoms with Gasteiger partial charge in [-0.15, -0.1) is 0 Å². The number of carbonyl (C=O) groups is 1. The van der Waals surface area contributed by atoms with Crippen molar-refractivity contribution in [3.63, 3.8) is 0 Å². The molecule has 0 aromatic carbocycles. The van der Waals surface area contributed by atoms with Gasteiger partial charge in [-0.3, -0.25) is 0 Å². The van der Waals surface area contributed by atoms with Gasteiger partial charge in [0.15, 0.2) is 0 Å². The van der Waals surface area contributed by atoms with Crippen LogP contribution >= 0.6 is 12.6 Å². The Morgan fingerprint density at radius 2 is 1.27 bits per heavy atom. The summed E-state index contributed by atoms with van der Waals surface area (Å²) >= 11 is 3.06. The molecule has 30 heavy (non-hydrogen) atoms. The number of thiol groups is 1. The summed E-state index contributed by atoms with van der Waals surface area (Å²) < 4.78 is 8.26. The Hall–Kier alpha value is 0.619. The zero-order valence-electron chi connectivity index (χ0n) is 21.3. The number of carbonyl (C=O) groups excluding carboxylic acids is 1. The second kappa shape index (κ2) is 19.1. The van der Waals surface area contributed by atoms with Gasteiger partial charge in [0.1, 0.15) is 0 Å². The van der Waals surface area contributed by atoms with E-state index < -0.39 is 22.5 Å². The molecule has 0 aromatic rings. The fourth-order valence-corrected chi connectivity index (χ4v) is 18.4. The van der Waals surface area contributed by atoms with Crippen molar-refractivity contribution < 1.29 is 9.53 Å². The second-order valence-corrected chi connectivity index (χ2v) is 21.8. The molecule has 3 unspecified atom stereocenters. The van der Waals surface area contributed by atoms with E-state index in [2.05, 4.69) is 41.5 Å². The van der Waals surface area contributed by atoms with Gasteiger partial charge in [-0.1, -0.05) is 0 Å². The molecule has 0 saturated carbocycles. The summed E-state index contributed by atoms with van der Waals surface area (Å²) in [6.07, 6.45) is 15.5. The van der Waals surface area contributed by atoms with Gasteiger partial charge in [0.05, 0.1) is 0 Å². The van der Waals surface area contributed by atoms with E-state index in [-0.39, 0.29) is 5.97 Å². The first kappa shape index (κ1) is 30.6. The fraction of sp³-hybridized carbons (Fsp3) is 0.962. The van der Waals surface area contributed by atoms with Gasteiger partial charge < -0.3 is 0 Å². The van der Waals surface area contributed by atoms with Crippen molar-refractivity contribution in [1.29, 1.82) is 0 Å². The van der Waals surface area contributed by atoms with Crippen LogP contribution in [-0.4, -0.2) is 35.1 Å². The topological polar surface area (TPSA) is 26.3 Å². The van der Waals surface area contributed by atoms with Crippen LogP contribution in [0.2, 0.25) is 8.87 Å². The van der Waals surface area contributed by atoms with Crippen LogP contribution in [0, 0.1) is 11.8 Å². The van der Waals surface area contributed by atoms with Crippen molar-refractivity contribution in [3.05, 3.63) is 0 Å². The molecule has 0 saturated heterocycles. The quantitative estimate of drug-likeness (QED) is 0.0938. The predicted octanol–water partition coefficient (Wildman–Crippen LogP) is 8.39. The third-order valence-corrected chi connectivity index (χ3v) is 21.3. The molecule has 0 rings (SSSR count). The monoisotopic (exact) mass is 550 g/mol. The van der Waals surface area contributed by atoms with Gasteiger partial charge in [0.2, 0.25) is 0 Å². The van der Waals surface area contributed by atoms with Gasteiger partial charge in [-0.25, -0.2) is 0 Å². The van der Waals surface area contributed by atoms with Gasteiger partial charge in [0.25, 0.3) is 0 Å². The summed E-state index contributed by atoms with van der Waals surface area (Å²) in [6.45, 7) is 14.2. The Labute approximate surface area is 202 Å². The summed E-state index contributed by atoms with van der Waals surface area (Å²) in [7, 11) is 0. The Morgan fingerprint density at radius 1 is 0.800 bits per heavy atom. The molecule has 0 aliphatic heterocycles. The summed E-state index contributed by atoms with van der Waals surface area (Å²) in [4.78, 5) is 13.6. The van der Waals surface area contributed by atoms with Crippen LogP contribution in [0.25, 0.3) is 0 Å². The van der Waals surface area contributed by atoms with Crippen LogP contribution in [0.4, 0.5) is 0 Å². The molecule has 0 spiro atoms. The summed E-state index contributed by atoms with van der Waals surface area (Å²) in [5, 5.41) is 0. The zero-order chi connectivity index (χ0) is 22.8. The molecule has 0 heterocycles. The first-order valence-electron chi connectivity index (χ1n) is 13.3. The molecule has 0 aliphatic rings. The summed E-state index contributed by atoms with van der Waals surface area (Å²) in [5.74, 6) is 1.18. The molecule has 2 nitrogen and oxygen atoms in total. The normalized spacial score (nSPS) is 15.7. The average Bonchev–Trinajstić information content (AvgIpc) is 2.76. The van der Waals surface area contributed by atoms with E-state index in [0.717, 1.165) is 19.3 Å². The number of hydrogen-bond donors (Lipinski definition) is 1. The van der Waals surface area contributed by atoms with E-state index >= 15 is 0 Å². The number of esters is 1. The predicted molar refractivity (Wildman–Crippen MR) is 140 cm³/mol. The van der Waals surface area contributed by atoms with Crippen molar-refractivity contribution >= 4 is 38.4 Å². The van der Waals surface area contributed by atoms with Crippen molar-refractivity contribution in [2.24, 2.45) is 11.8 Å². The van der Waals surface area contributed by atoms with Crippen LogP contribution in [0.3, 0.4) is 0 Å². The Bertz CT molecular complexity index is 410.